The van der Waals surface area contributed by atoms with Gasteiger partial charge in [0, 0.05) is 25.6 Å². The normalized spacial score (nSPS) is 21.0. The molecule has 1 fully saturated rings. The number of aromatic nitrogens is 2. The predicted molar refractivity (Wildman–Crippen MR) is 78.7 cm³/mol. The van der Waals surface area contributed by atoms with Crippen molar-refractivity contribution < 1.29 is 23.0 Å². The molecule has 2 rings (SSSR count). The van der Waals surface area contributed by atoms with Crippen molar-refractivity contribution in [2.24, 2.45) is 0 Å². The molecule has 2 heterocycles. The van der Waals surface area contributed by atoms with E-state index in [0.717, 1.165) is 0 Å². The molecule has 0 aromatic carbocycles. The second-order valence-corrected chi connectivity index (χ2v) is 6.49. The minimum atomic E-state index is -2.96. The summed E-state index contributed by atoms with van der Waals surface area (Å²) in [5.41, 5.74) is -0.545. The Balaban J connectivity index is 2.17. The van der Waals surface area contributed by atoms with E-state index in [1.807, 2.05) is 0 Å². The van der Waals surface area contributed by atoms with Crippen molar-refractivity contribution in [3.8, 4) is 5.88 Å². The molecule has 0 saturated carbocycles. The number of hydrogen-bond acceptors (Lipinski definition) is 5. The molecule has 6 nitrogen and oxygen atoms in total. The van der Waals surface area contributed by atoms with Crippen molar-refractivity contribution in [1.82, 2.24) is 15.1 Å². The van der Waals surface area contributed by atoms with E-state index in [1.165, 1.54) is 24.1 Å². The first-order valence-electron chi connectivity index (χ1n) is 7.36. The number of methoxy groups -OCH3 is 1. The van der Waals surface area contributed by atoms with Crippen LogP contribution >= 0.6 is 0 Å². The van der Waals surface area contributed by atoms with E-state index in [9.17, 15) is 13.6 Å². The van der Waals surface area contributed by atoms with Gasteiger partial charge < -0.3 is 14.4 Å². The molecule has 0 spiro atoms. The Labute approximate surface area is 133 Å². The molecule has 1 atom stereocenters. The van der Waals surface area contributed by atoms with E-state index >= 15 is 0 Å². The van der Waals surface area contributed by atoms with Gasteiger partial charge >= 0.3 is 6.09 Å². The average Bonchev–Trinajstić information content (AvgIpc) is 2.45. The number of nitrogens with zero attached hydrogens (tertiary/aromatic N) is 3. The van der Waals surface area contributed by atoms with Gasteiger partial charge in [-0.1, -0.05) is 0 Å². The molecule has 1 aromatic heterocycles. The number of halogens is 2. The molecule has 1 aliphatic rings. The fourth-order valence-corrected chi connectivity index (χ4v) is 2.33. The standard InChI is InChI=1S/C15H21F2N3O3/c1-14(2,3)23-13(21)20-8-7-15(16,17)10(9-20)11-5-6-12(22-4)19-18-11/h5-6,10H,7-9H2,1-4H3. The SMILES string of the molecule is COc1ccc(C2CN(C(=O)OC(C)(C)C)CCC2(F)F)nn1. The van der Waals surface area contributed by atoms with Crippen LogP contribution in [0.15, 0.2) is 12.1 Å². The van der Waals surface area contributed by atoms with Crippen LogP contribution in [0.1, 0.15) is 38.8 Å². The first kappa shape index (κ1) is 17.4. The number of ether oxygens (including phenoxy) is 2. The molecule has 0 radical (unpaired) electrons. The topological polar surface area (TPSA) is 64.5 Å². The first-order valence-corrected chi connectivity index (χ1v) is 7.36. The van der Waals surface area contributed by atoms with Gasteiger partial charge in [-0.2, -0.15) is 5.10 Å². The third kappa shape index (κ3) is 4.27. The maximum absolute atomic E-state index is 14.2. The summed E-state index contributed by atoms with van der Waals surface area (Å²) in [5.74, 6) is -3.93. The molecule has 1 aromatic rings. The zero-order valence-corrected chi connectivity index (χ0v) is 13.7. The number of alkyl halides is 2. The highest BCUT2D eigenvalue weighted by Crippen LogP contribution is 2.39. The fraction of sp³-hybridized carbons (Fsp3) is 0.667. The van der Waals surface area contributed by atoms with Crippen LogP contribution in [-0.4, -0.2) is 52.9 Å². The number of likely N-dealkylation sites (tertiary alicyclic amines) is 1. The number of carbonyl (C=O) groups is 1. The van der Waals surface area contributed by atoms with Crippen molar-refractivity contribution in [1.29, 1.82) is 0 Å². The lowest BCUT2D eigenvalue weighted by atomic mass is 9.90. The maximum Gasteiger partial charge on any atom is 0.410 e. The Morgan fingerprint density at radius 3 is 2.57 bits per heavy atom. The smallest absolute Gasteiger partial charge is 0.410 e. The molecule has 1 amide bonds. The molecule has 1 saturated heterocycles. The molecule has 1 unspecified atom stereocenters. The Kier molecular flexibility index (Phi) is 4.72. The van der Waals surface area contributed by atoms with Crippen LogP contribution < -0.4 is 4.74 Å². The van der Waals surface area contributed by atoms with Crippen molar-refractivity contribution in [2.45, 2.75) is 44.6 Å². The minimum Gasteiger partial charge on any atom is -0.480 e. The maximum atomic E-state index is 14.2. The van der Waals surface area contributed by atoms with Crippen molar-refractivity contribution in [3.05, 3.63) is 17.8 Å². The molecule has 8 heteroatoms. The minimum absolute atomic E-state index is 0.0536. The summed E-state index contributed by atoms with van der Waals surface area (Å²) in [7, 11) is 1.42. The summed E-state index contributed by atoms with van der Waals surface area (Å²) in [6.07, 6.45) is -1.04. The lowest BCUT2D eigenvalue weighted by Gasteiger charge is -2.38. The van der Waals surface area contributed by atoms with Gasteiger partial charge in [0.2, 0.25) is 5.88 Å². The number of carbonyl (C=O) groups excluding carboxylic acids is 1. The van der Waals surface area contributed by atoms with E-state index < -0.39 is 30.0 Å². The predicted octanol–water partition coefficient (Wildman–Crippen LogP) is 2.84. The van der Waals surface area contributed by atoms with Crippen LogP contribution in [0.4, 0.5) is 13.6 Å². The molecular weight excluding hydrogens is 308 g/mol. The molecule has 0 N–H and O–H groups in total. The van der Waals surface area contributed by atoms with Gasteiger partial charge in [0.15, 0.2) is 0 Å². The summed E-state index contributed by atoms with van der Waals surface area (Å²) in [6.45, 7) is 4.98. The van der Waals surface area contributed by atoms with Crippen molar-refractivity contribution in [2.75, 3.05) is 20.2 Å². The highest BCUT2D eigenvalue weighted by atomic mass is 19.3. The second kappa shape index (κ2) is 6.25. The third-order valence-electron chi connectivity index (χ3n) is 3.51. The van der Waals surface area contributed by atoms with Crippen LogP contribution in [0.25, 0.3) is 0 Å². The highest BCUT2D eigenvalue weighted by molar-refractivity contribution is 5.68. The Hall–Kier alpha value is -1.99. The van der Waals surface area contributed by atoms with E-state index in [2.05, 4.69) is 10.2 Å². The molecule has 0 aliphatic carbocycles. The van der Waals surface area contributed by atoms with Crippen molar-refractivity contribution in [3.63, 3.8) is 0 Å². The lowest BCUT2D eigenvalue weighted by Crippen LogP contribution is -2.49. The fourth-order valence-electron chi connectivity index (χ4n) is 2.33. The largest absolute Gasteiger partial charge is 0.480 e. The number of amides is 1. The Morgan fingerprint density at radius 2 is 2.04 bits per heavy atom. The summed E-state index contributed by atoms with van der Waals surface area (Å²) in [6, 6.07) is 2.92. The number of piperidine rings is 1. The zero-order valence-electron chi connectivity index (χ0n) is 13.7. The molecule has 128 valence electrons. The van der Waals surface area contributed by atoms with E-state index in [4.69, 9.17) is 9.47 Å². The zero-order chi connectivity index (χ0) is 17.3. The molecule has 23 heavy (non-hydrogen) atoms. The van der Waals surface area contributed by atoms with Crippen LogP contribution in [0.2, 0.25) is 0 Å². The molecular formula is C15H21F2N3O3. The number of hydrogen-bond donors (Lipinski definition) is 0. The summed E-state index contributed by atoms with van der Waals surface area (Å²) >= 11 is 0. The van der Waals surface area contributed by atoms with Crippen LogP contribution in [-0.2, 0) is 4.74 Å². The monoisotopic (exact) mass is 329 g/mol. The van der Waals surface area contributed by atoms with E-state index in [0.29, 0.717) is 0 Å². The van der Waals surface area contributed by atoms with Gasteiger partial charge in [0.05, 0.1) is 18.7 Å². The van der Waals surface area contributed by atoms with Gasteiger partial charge in [-0.3, -0.25) is 0 Å². The average molecular weight is 329 g/mol. The Morgan fingerprint density at radius 1 is 1.35 bits per heavy atom. The van der Waals surface area contributed by atoms with Gasteiger partial charge in [0.25, 0.3) is 5.92 Å². The summed E-state index contributed by atoms with van der Waals surface area (Å²) < 4.78 is 38.6. The summed E-state index contributed by atoms with van der Waals surface area (Å²) in [4.78, 5) is 13.4. The van der Waals surface area contributed by atoms with Gasteiger partial charge in [-0.15, -0.1) is 5.10 Å². The van der Waals surface area contributed by atoms with Crippen LogP contribution in [0.5, 0.6) is 5.88 Å². The first-order chi connectivity index (χ1) is 10.6. The third-order valence-corrected chi connectivity index (χ3v) is 3.51. The second-order valence-electron chi connectivity index (χ2n) is 6.49. The molecule has 1 aliphatic heterocycles. The lowest BCUT2D eigenvalue weighted by molar-refractivity contribution is -0.0783. The van der Waals surface area contributed by atoms with Crippen LogP contribution in [0.3, 0.4) is 0 Å². The highest BCUT2D eigenvalue weighted by Gasteiger charge is 2.47. The van der Waals surface area contributed by atoms with Crippen molar-refractivity contribution >= 4 is 6.09 Å². The van der Waals surface area contributed by atoms with Gasteiger partial charge in [0.1, 0.15) is 5.60 Å². The van der Waals surface area contributed by atoms with E-state index in [1.54, 1.807) is 20.8 Å². The summed E-state index contributed by atoms with van der Waals surface area (Å²) in [5, 5.41) is 7.53. The van der Waals surface area contributed by atoms with Crippen LogP contribution in [0, 0.1) is 0 Å². The molecule has 0 bridgehead atoms. The van der Waals surface area contributed by atoms with Gasteiger partial charge in [-0.25, -0.2) is 13.6 Å². The number of rotatable bonds is 2. The Bertz CT molecular complexity index is 558. The quantitative estimate of drug-likeness (QED) is 0.835. The van der Waals surface area contributed by atoms with E-state index in [-0.39, 0.29) is 24.7 Å². The van der Waals surface area contributed by atoms with Gasteiger partial charge in [-0.05, 0) is 26.8 Å².